The first-order valence-corrected chi connectivity index (χ1v) is 6.84. The highest BCUT2D eigenvalue weighted by atomic mass is 16.5. The molecule has 0 aromatic carbocycles. The average Bonchev–Trinajstić information content (AvgIpc) is 2.36. The summed E-state index contributed by atoms with van der Waals surface area (Å²) in [7, 11) is 1.77. The van der Waals surface area contributed by atoms with Gasteiger partial charge in [0, 0.05) is 7.11 Å². The molecule has 0 saturated heterocycles. The van der Waals surface area contributed by atoms with Gasteiger partial charge >= 0.3 is 0 Å². The lowest BCUT2D eigenvalue weighted by molar-refractivity contribution is -0.0781. The van der Waals surface area contributed by atoms with Gasteiger partial charge in [0.1, 0.15) is 0 Å². The minimum atomic E-state index is -0.0531. The van der Waals surface area contributed by atoms with Crippen molar-refractivity contribution in [3.05, 3.63) is 0 Å². The number of ether oxygens (including phenoxy) is 2. The molecule has 0 fully saturated rings. The predicted octanol–water partition coefficient (Wildman–Crippen LogP) is 3.12. The zero-order valence-corrected chi connectivity index (χ0v) is 12.3. The molecule has 0 aromatic heterocycles. The lowest BCUT2D eigenvalue weighted by Crippen LogP contribution is -2.33. The lowest BCUT2D eigenvalue weighted by atomic mass is 9.95. The van der Waals surface area contributed by atoms with Gasteiger partial charge < -0.3 is 15.2 Å². The Morgan fingerprint density at radius 2 is 1.59 bits per heavy atom. The highest BCUT2D eigenvalue weighted by Gasteiger charge is 2.25. The van der Waals surface area contributed by atoms with Crippen LogP contribution in [0.15, 0.2) is 0 Å². The third-order valence-electron chi connectivity index (χ3n) is 3.98. The first kappa shape index (κ1) is 16.9. The zero-order valence-electron chi connectivity index (χ0n) is 12.3. The van der Waals surface area contributed by atoms with Gasteiger partial charge in [-0.05, 0) is 52.5 Å². The molecule has 0 aromatic rings. The van der Waals surface area contributed by atoms with Crippen molar-refractivity contribution in [2.75, 3.05) is 20.3 Å². The molecule has 0 aliphatic heterocycles. The summed E-state index contributed by atoms with van der Waals surface area (Å²) in [4.78, 5) is 0. The molecule has 17 heavy (non-hydrogen) atoms. The molecular formula is C14H31NO2. The van der Waals surface area contributed by atoms with E-state index < -0.39 is 0 Å². The van der Waals surface area contributed by atoms with E-state index >= 15 is 0 Å². The SMILES string of the molecule is CCC(C)(CCOC(C)(CC)CCCN)OC. The van der Waals surface area contributed by atoms with E-state index in [2.05, 4.69) is 27.7 Å². The summed E-state index contributed by atoms with van der Waals surface area (Å²) in [6.45, 7) is 10.1. The maximum atomic E-state index is 6.04. The smallest absolute Gasteiger partial charge is 0.0670 e. The largest absolute Gasteiger partial charge is 0.378 e. The summed E-state index contributed by atoms with van der Waals surface area (Å²) in [5, 5.41) is 0. The van der Waals surface area contributed by atoms with Gasteiger partial charge in [-0.25, -0.2) is 0 Å². The highest BCUT2D eigenvalue weighted by molar-refractivity contribution is 4.76. The molecule has 2 N–H and O–H groups in total. The molecule has 3 nitrogen and oxygen atoms in total. The Balaban J connectivity index is 4.06. The van der Waals surface area contributed by atoms with Gasteiger partial charge in [-0.2, -0.15) is 0 Å². The van der Waals surface area contributed by atoms with Crippen LogP contribution in [0.25, 0.3) is 0 Å². The second-order valence-electron chi connectivity index (χ2n) is 5.30. The predicted molar refractivity (Wildman–Crippen MR) is 73.3 cm³/mol. The maximum absolute atomic E-state index is 6.04. The molecule has 0 amide bonds. The van der Waals surface area contributed by atoms with Gasteiger partial charge in [-0.3, -0.25) is 0 Å². The van der Waals surface area contributed by atoms with Crippen LogP contribution < -0.4 is 5.73 Å². The Bertz CT molecular complexity index is 193. The number of rotatable bonds is 10. The van der Waals surface area contributed by atoms with Crippen molar-refractivity contribution in [3.8, 4) is 0 Å². The van der Waals surface area contributed by atoms with E-state index in [1.165, 1.54) is 0 Å². The molecule has 3 heteroatoms. The number of methoxy groups -OCH3 is 1. The molecule has 0 saturated carbocycles. The summed E-state index contributed by atoms with van der Waals surface area (Å²) in [5.41, 5.74) is 5.48. The second kappa shape index (κ2) is 8.06. The van der Waals surface area contributed by atoms with Gasteiger partial charge in [0.05, 0.1) is 17.8 Å². The van der Waals surface area contributed by atoms with Crippen molar-refractivity contribution in [1.29, 1.82) is 0 Å². The number of hydrogen-bond acceptors (Lipinski definition) is 3. The third kappa shape index (κ3) is 6.39. The van der Waals surface area contributed by atoms with Crippen molar-refractivity contribution >= 4 is 0 Å². The summed E-state index contributed by atoms with van der Waals surface area (Å²) in [6, 6.07) is 0. The molecule has 2 atom stereocenters. The highest BCUT2D eigenvalue weighted by Crippen LogP contribution is 2.24. The van der Waals surface area contributed by atoms with Gasteiger partial charge in [0.15, 0.2) is 0 Å². The Morgan fingerprint density at radius 3 is 2.00 bits per heavy atom. The molecular weight excluding hydrogens is 214 g/mol. The van der Waals surface area contributed by atoms with Crippen LogP contribution in [0.2, 0.25) is 0 Å². The summed E-state index contributed by atoms with van der Waals surface area (Å²) >= 11 is 0. The number of nitrogens with two attached hydrogens (primary N) is 1. The van der Waals surface area contributed by atoms with Crippen LogP contribution in [0, 0.1) is 0 Å². The average molecular weight is 245 g/mol. The normalized spacial score (nSPS) is 18.7. The first-order valence-electron chi connectivity index (χ1n) is 6.84. The van der Waals surface area contributed by atoms with Crippen LogP contribution in [0.3, 0.4) is 0 Å². The molecule has 0 rings (SSSR count). The van der Waals surface area contributed by atoms with Crippen LogP contribution in [0.5, 0.6) is 0 Å². The molecule has 0 bridgehead atoms. The fourth-order valence-corrected chi connectivity index (χ4v) is 1.76. The third-order valence-corrected chi connectivity index (χ3v) is 3.98. The molecule has 0 spiro atoms. The van der Waals surface area contributed by atoms with Crippen LogP contribution in [0.4, 0.5) is 0 Å². The van der Waals surface area contributed by atoms with E-state index in [1.54, 1.807) is 7.11 Å². The van der Waals surface area contributed by atoms with Crippen molar-refractivity contribution < 1.29 is 9.47 Å². The molecule has 0 heterocycles. The quantitative estimate of drug-likeness (QED) is 0.643. The minimum absolute atomic E-state index is 0.0260. The first-order chi connectivity index (χ1) is 7.95. The fraction of sp³-hybridized carbons (Fsp3) is 1.00. The Kier molecular flexibility index (Phi) is 8.01. The summed E-state index contributed by atoms with van der Waals surface area (Å²) < 4.78 is 11.6. The second-order valence-corrected chi connectivity index (χ2v) is 5.30. The van der Waals surface area contributed by atoms with Crippen molar-refractivity contribution in [2.24, 2.45) is 5.73 Å². The van der Waals surface area contributed by atoms with E-state index in [-0.39, 0.29) is 11.2 Å². The lowest BCUT2D eigenvalue weighted by Gasteiger charge is -2.32. The van der Waals surface area contributed by atoms with E-state index in [9.17, 15) is 0 Å². The van der Waals surface area contributed by atoms with Crippen molar-refractivity contribution in [1.82, 2.24) is 0 Å². The standard InChI is InChI=1S/C14H31NO2/c1-6-13(3,16-5)10-12-17-14(4,7-2)9-8-11-15/h6-12,15H2,1-5H3. The van der Waals surface area contributed by atoms with Crippen LogP contribution in [-0.4, -0.2) is 31.5 Å². The van der Waals surface area contributed by atoms with Crippen molar-refractivity contribution in [2.45, 2.75) is 71.0 Å². The van der Waals surface area contributed by atoms with Gasteiger partial charge in [0.25, 0.3) is 0 Å². The van der Waals surface area contributed by atoms with Gasteiger partial charge in [-0.15, -0.1) is 0 Å². The Labute approximate surface area is 107 Å². The summed E-state index contributed by atoms with van der Waals surface area (Å²) in [6.07, 6.45) is 5.05. The monoisotopic (exact) mass is 245 g/mol. The van der Waals surface area contributed by atoms with Gasteiger partial charge in [0.2, 0.25) is 0 Å². The fourth-order valence-electron chi connectivity index (χ4n) is 1.76. The van der Waals surface area contributed by atoms with E-state index in [1.807, 2.05) is 0 Å². The minimum Gasteiger partial charge on any atom is -0.378 e. The molecule has 2 unspecified atom stereocenters. The van der Waals surface area contributed by atoms with E-state index in [0.717, 1.165) is 45.3 Å². The molecule has 0 radical (unpaired) electrons. The van der Waals surface area contributed by atoms with E-state index in [0.29, 0.717) is 0 Å². The Hall–Kier alpha value is -0.120. The van der Waals surface area contributed by atoms with Crippen molar-refractivity contribution in [3.63, 3.8) is 0 Å². The number of hydrogen-bond donors (Lipinski definition) is 1. The maximum Gasteiger partial charge on any atom is 0.0670 e. The topological polar surface area (TPSA) is 44.5 Å². The summed E-state index contributed by atoms with van der Waals surface area (Å²) in [5.74, 6) is 0. The molecule has 104 valence electrons. The van der Waals surface area contributed by atoms with Crippen LogP contribution in [0.1, 0.15) is 59.8 Å². The van der Waals surface area contributed by atoms with Gasteiger partial charge in [-0.1, -0.05) is 13.8 Å². The van der Waals surface area contributed by atoms with E-state index in [4.69, 9.17) is 15.2 Å². The van der Waals surface area contributed by atoms with Crippen LogP contribution >= 0.6 is 0 Å². The Morgan fingerprint density at radius 1 is 1.00 bits per heavy atom. The van der Waals surface area contributed by atoms with Crippen LogP contribution in [-0.2, 0) is 9.47 Å². The molecule has 0 aliphatic rings. The molecule has 0 aliphatic carbocycles. The zero-order chi connectivity index (χ0) is 13.4.